The second-order valence-corrected chi connectivity index (χ2v) is 6.01. The maximum Gasteiger partial charge on any atom is 0.308 e. The summed E-state index contributed by atoms with van der Waals surface area (Å²) in [6.45, 7) is 1.65. The highest BCUT2D eigenvalue weighted by Gasteiger charge is 2.26. The Morgan fingerprint density at radius 1 is 1.44 bits per heavy atom. The smallest absolute Gasteiger partial charge is 0.308 e. The molecule has 0 atom stereocenters. The number of nitrogens with zero attached hydrogens (tertiary/aromatic N) is 2. The molecular weight excluding hydrogens is 364 g/mol. The Balaban J connectivity index is 2.03. The van der Waals surface area contributed by atoms with Crippen LogP contribution >= 0.6 is 31.9 Å². The molecule has 0 spiro atoms. The van der Waals surface area contributed by atoms with Gasteiger partial charge in [-0.1, -0.05) is 0 Å². The van der Waals surface area contributed by atoms with E-state index in [0.717, 1.165) is 40.7 Å². The van der Waals surface area contributed by atoms with Crippen molar-refractivity contribution in [2.45, 2.75) is 12.8 Å². The Bertz CT molecular complexity index is 446. The summed E-state index contributed by atoms with van der Waals surface area (Å²) in [7, 11) is 1.45. The molecular formula is C12H14Br2N2O2. The highest BCUT2D eigenvalue weighted by atomic mass is 79.9. The van der Waals surface area contributed by atoms with Crippen molar-refractivity contribution >= 4 is 43.6 Å². The van der Waals surface area contributed by atoms with Crippen LogP contribution in [0.25, 0.3) is 0 Å². The molecule has 6 heteroatoms. The number of anilines is 1. The second-order valence-electron chi connectivity index (χ2n) is 4.24. The summed E-state index contributed by atoms with van der Waals surface area (Å²) in [6.07, 6.45) is 3.42. The SMILES string of the molecule is COC(=O)C1CCN(c2ncc(Br)cc2Br)CC1. The fourth-order valence-corrected chi connectivity index (χ4v) is 3.37. The van der Waals surface area contributed by atoms with Gasteiger partial charge in [-0.05, 0) is 50.8 Å². The minimum absolute atomic E-state index is 0.0282. The van der Waals surface area contributed by atoms with Crippen LogP contribution in [0.3, 0.4) is 0 Å². The number of hydrogen-bond donors (Lipinski definition) is 0. The number of aromatic nitrogens is 1. The van der Waals surface area contributed by atoms with E-state index >= 15 is 0 Å². The van der Waals surface area contributed by atoms with E-state index in [1.54, 1.807) is 6.20 Å². The third kappa shape index (κ3) is 3.03. The lowest BCUT2D eigenvalue weighted by atomic mass is 9.97. The van der Waals surface area contributed by atoms with Gasteiger partial charge in [0, 0.05) is 23.8 Å². The molecule has 0 amide bonds. The minimum Gasteiger partial charge on any atom is -0.469 e. The molecule has 1 aliphatic heterocycles. The van der Waals surface area contributed by atoms with Crippen molar-refractivity contribution in [3.8, 4) is 0 Å². The highest BCUT2D eigenvalue weighted by molar-refractivity contribution is 9.11. The molecule has 4 nitrogen and oxygen atoms in total. The van der Waals surface area contributed by atoms with Gasteiger partial charge in [0.15, 0.2) is 0 Å². The molecule has 0 radical (unpaired) electrons. The number of pyridine rings is 1. The lowest BCUT2D eigenvalue weighted by Crippen LogP contribution is -2.37. The second kappa shape index (κ2) is 6.02. The van der Waals surface area contributed by atoms with Crippen molar-refractivity contribution in [2.24, 2.45) is 5.92 Å². The number of ether oxygens (including phenoxy) is 1. The standard InChI is InChI=1S/C12H14Br2N2O2/c1-18-12(17)8-2-4-16(5-3-8)11-10(14)6-9(13)7-15-11/h6-8H,2-5H2,1H3. The normalized spacial score (nSPS) is 16.7. The van der Waals surface area contributed by atoms with E-state index in [4.69, 9.17) is 4.74 Å². The predicted molar refractivity (Wildman–Crippen MR) is 76.6 cm³/mol. The molecule has 98 valence electrons. The van der Waals surface area contributed by atoms with Gasteiger partial charge in [0.2, 0.25) is 0 Å². The van der Waals surface area contributed by atoms with Crippen LogP contribution in [-0.4, -0.2) is 31.2 Å². The average Bonchev–Trinajstić information content (AvgIpc) is 2.38. The van der Waals surface area contributed by atoms with Gasteiger partial charge in [-0.2, -0.15) is 0 Å². The van der Waals surface area contributed by atoms with Gasteiger partial charge in [0.05, 0.1) is 17.5 Å². The van der Waals surface area contributed by atoms with E-state index in [1.807, 2.05) is 6.07 Å². The molecule has 1 aromatic heterocycles. The van der Waals surface area contributed by atoms with Crippen LogP contribution < -0.4 is 4.90 Å². The Morgan fingerprint density at radius 3 is 2.67 bits per heavy atom. The Hall–Kier alpha value is -0.620. The molecule has 2 heterocycles. The van der Waals surface area contributed by atoms with Crippen LogP contribution in [0.4, 0.5) is 5.82 Å². The van der Waals surface area contributed by atoms with Gasteiger partial charge in [0.25, 0.3) is 0 Å². The van der Waals surface area contributed by atoms with Crippen LogP contribution in [0.5, 0.6) is 0 Å². The van der Waals surface area contributed by atoms with Gasteiger partial charge < -0.3 is 9.64 Å². The monoisotopic (exact) mass is 376 g/mol. The number of methoxy groups -OCH3 is 1. The number of carbonyl (C=O) groups is 1. The molecule has 1 fully saturated rings. The molecule has 1 aromatic rings. The van der Waals surface area contributed by atoms with Crippen LogP contribution in [-0.2, 0) is 9.53 Å². The van der Waals surface area contributed by atoms with Gasteiger partial charge in [-0.3, -0.25) is 4.79 Å². The van der Waals surface area contributed by atoms with Crippen molar-refractivity contribution in [2.75, 3.05) is 25.1 Å². The van der Waals surface area contributed by atoms with Crippen molar-refractivity contribution in [1.29, 1.82) is 0 Å². The summed E-state index contributed by atoms with van der Waals surface area (Å²) in [5, 5.41) is 0. The molecule has 0 bridgehead atoms. The summed E-state index contributed by atoms with van der Waals surface area (Å²) >= 11 is 6.90. The number of piperidine rings is 1. The first kappa shape index (κ1) is 13.8. The molecule has 0 unspecified atom stereocenters. The maximum atomic E-state index is 11.4. The summed E-state index contributed by atoms with van der Waals surface area (Å²) in [4.78, 5) is 18.0. The average molecular weight is 378 g/mol. The number of rotatable bonds is 2. The summed E-state index contributed by atoms with van der Waals surface area (Å²) in [5.74, 6) is 0.861. The Kier molecular flexibility index (Phi) is 4.61. The van der Waals surface area contributed by atoms with Crippen LogP contribution in [0.15, 0.2) is 21.2 Å². The number of hydrogen-bond acceptors (Lipinski definition) is 4. The summed E-state index contributed by atoms with van der Waals surface area (Å²) in [6, 6.07) is 1.98. The zero-order chi connectivity index (χ0) is 13.1. The first-order valence-electron chi connectivity index (χ1n) is 5.75. The van der Waals surface area contributed by atoms with E-state index < -0.39 is 0 Å². The van der Waals surface area contributed by atoms with E-state index in [2.05, 4.69) is 41.7 Å². The molecule has 1 aliphatic rings. The lowest BCUT2D eigenvalue weighted by molar-refractivity contribution is -0.146. The topological polar surface area (TPSA) is 42.4 Å². The fraction of sp³-hybridized carbons (Fsp3) is 0.500. The minimum atomic E-state index is -0.0996. The van der Waals surface area contributed by atoms with E-state index in [1.165, 1.54) is 7.11 Å². The molecule has 0 aliphatic carbocycles. The quantitative estimate of drug-likeness (QED) is 0.743. The van der Waals surface area contributed by atoms with Gasteiger partial charge >= 0.3 is 5.97 Å². The highest BCUT2D eigenvalue weighted by Crippen LogP contribution is 2.30. The van der Waals surface area contributed by atoms with Crippen LogP contribution in [0.2, 0.25) is 0 Å². The third-order valence-electron chi connectivity index (χ3n) is 3.12. The molecule has 0 aromatic carbocycles. The molecule has 18 heavy (non-hydrogen) atoms. The van der Waals surface area contributed by atoms with E-state index in [-0.39, 0.29) is 11.9 Å². The third-order valence-corrected chi connectivity index (χ3v) is 4.13. The zero-order valence-corrected chi connectivity index (χ0v) is 13.2. The largest absolute Gasteiger partial charge is 0.469 e. The van der Waals surface area contributed by atoms with Crippen LogP contribution in [0, 0.1) is 5.92 Å². The Labute approximate surface area is 123 Å². The fourth-order valence-electron chi connectivity index (χ4n) is 2.13. The first-order valence-corrected chi connectivity index (χ1v) is 7.34. The molecule has 1 saturated heterocycles. The number of esters is 1. The van der Waals surface area contributed by atoms with Crippen molar-refractivity contribution < 1.29 is 9.53 Å². The van der Waals surface area contributed by atoms with Crippen LogP contribution in [0.1, 0.15) is 12.8 Å². The maximum absolute atomic E-state index is 11.4. The van der Waals surface area contributed by atoms with E-state index in [9.17, 15) is 4.79 Å². The van der Waals surface area contributed by atoms with Gasteiger partial charge in [-0.15, -0.1) is 0 Å². The molecule has 0 N–H and O–H groups in total. The Morgan fingerprint density at radius 2 is 2.11 bits per heavy atom. The van der Waals surface area contributed by atoms with Gasteiger partial charge in [-0.25, -0.2) is 4.98 Å². The molecule has 2 rings (SSSR count). The predicted octanol–water partition coefficient (Wildman–Crippen LogP) is 3.00. The van der Waals surface area contributed by atoms with Gasteiger partial charge in [0.1, 0.15) is 5.82 Å². The zero-order valence-electron chi connectivity index (χ0n) is 10.0. The lowest BCUT2D eigenvalue weighted by Gasteiger charge is -2.32. The summed E-state index contributed by atoms with van der Waals surface area (Å²) in [5.41, 5.74) is 0. The number of carbonyl (C=O) groups excluding carboxylic acids is 1. The number of halogens is 2. The van der Waals surface area contributed by atoms with Crippen molar-refractivity contribution in [1.82, 2.24) is 4.98 Å². The summed E-state index contributed by atoms with van der Waals surface area (Å²) < 4.78 is 6.69. The molecule has 0 saturated carbocycles. The van der Waals surface area contributed by atoms with Crippen molar-refractivity contribution in [3.05, 3.63) is 21.2 Å². The van der Waals surface area contributed by atoms with Crippen molar-refractivity contribution in [3.63, 3.8) is 0 Å². The van der Waals surface area contributed by atoms with E-state index in [0.29, 0.717) is 0 Å². The first-order chi connectivity index (χ1) is 8.61.